The van der Waals surface area contributed by atoms with E-state index in [4.69, 9.17) is 4.74 Å². The molecule has 18 heavy (non-hydrogen) atoms. The number of amides is 1. The van der Waals surface area contributed by atoms with Gasteiger partial charge >= 0.3 is 12.1 Å². The zero-order valence-electron chi connectivity index (χ0n) is 11.2. The Kier molecular flexibility index (Phi) is 4.95. The summed E-state index contributed by atoms with van der Waals surface area (Å²) < 4.78 is 5.08. The van der Waals surface area contributed by atoms with Gasteiger partial charge in [-0.2, -0.15) is 0 Å². The summed E-state index contributed by atoms with van der Waals surface area (Å²) in [4.78, 5) is 22.8. The number of aliphatic carboxylic acids is 1. The maximum Gasteiger partial charge on any atom is 0.408 e. The molecule has 1 heterocycles. The van der Waals surface area contributed by atoms with Crippen molar-refractivity contribution in [3.8, 4) is 0 Å². The average molecular weight is 258 g/mol. The van der Waals surface area contributed by atoms with Gasteiger partial charge in [0, 0.05) is 0 Å². The standard InChI is InChI=1S/C12H22N2O4/c1-12(2,3)18-11(17)14-9(10(15)16)8-4-6-13-7-5-8/h8-9,13H,4-7H2,1-3H3,(H,14,17)(H,15,16). The molecule has 0 bridgehead atoms. The van der Waals surface area contributed by atoms with Crippen LogP contribution < -0.4 is 10.6 Å². The predicted octanol–water partition coefficient (Wildman–Crippen LogP) is 0.964. The van der Waals surface area contributed by atoms with Gasteiger partial charge in [0.2, 0.25) is 0 Å². The van der Waals surface area contributed by atoms with Crippen molar-refractivity contribution in [1.29, 1.82) is 0 Å². The van der Waals surface area contributed by atoms with Crippen molar-refractivity contribution in [1.82, 2.24) is 10.6 Å². The summed E-state index contributed by atoms with van der Waals surface area (Å²) in [5.41, 5.74) is -0.624. The number of carbonyl (C=O) groups excluding carboxylic acids is 1. The number of ether oxygens (including phenoxy) is 1. The lowest BCUT2D eigenvalue weighted by Gasteiger charge is -2.29. The third-order valence-electron chi connectivity index (χ3n) is 2.79. The minimum atomic E-state index is -1.01. The van der Waals surface area contributed by atoms with E-state index in [1.807, 2.05) is 0 Å². The zero-order valence-corrected chi connectivity index (χ0v) is 11.2. The summed E-state index contributed by atoms with van der Waals surface area (Å²) >= 11 is 0. The minimum Gasteiger partial charge on any atom is -0.480 e. The highest BCUT2D eigenvalue weighted by molar-refractivity contribution is 5.80. The Bertz CT molecular complexity index is 306. The number of alkyl carbamates (subject to hydrolysis) is 1. The minimum absolute atomic E-state index is 0.0451. The van der Waals surface area contributed by atoms with Crippen molar-refractivity contribution in [2.24, 2.45) is 5.92 Å². The first-order chi connectivity index (χ1) is 8.29. The molecule has 1 amide bonds. The van der Waals surface area contributed by atoms with E-state index in [9.17, 15) is 14.7 Å². The topological polar surface area (TPSA) is 87.7 Å². The summed E-state index contributed by atoms with van der Waals surface area (Å²) in [5, 5.41) is 14.8. The molecule has 1 aliphatic rings. The molecule has 0 aromatic carbocycles. The maximum atomic E-state index is 11.6. The Labute approximate surface area is 107 Å². The SMILES string of the molecule is CC(C)(C)OC(=O)NC(C(=O)O)C1CCNCC1. The predicted molar refractivity (Wildman–Crippen MR) is 66.4 cm³/mol. The van der Waals surface area contributed by atoms with Gasteiger partial charge in [0.15, 0.2) is 0 Å². The van der Waals surface area contributed by atoms with Gasteiger partial charge in [-0.05, 0) is 52.6 Å². The first-order valence-corrected chi connectivity index (χ1v) is 6.22. The van der Waals surface area contributed by atoms with Crippen LogP contribution in [-0.2, 0) is 9.53 Å². The molecule has 0 radical (unpaired) electrons. The molecule has 6 heteroatoms. The smallest absolute Gasteiger partial charge is 0.408 e. The highest BCUT2D eigenvalue weighted by Crippen LogP contribution is 2.17. The summed E-state index contributed by atoms with van der Waals surface area (Å²) in [6.45, 7) is 6.79. The molecule has 0 aromatic rings. The van der Waals surface area contributed by atoms with Crippen molar-refractivity contribution >= 4 is 12.1 Å². The monoisotopic (exact) mass is 258 g/mol. The fourth-order valence-electron chi connectivity index (χ4n) is 1.99. The molecule has 6 nitrogen and oxygen atoms in total. The summed E-state index contributed by atoms with van der Waals surface area (Å²) in [6.07, 6.45) is 0.813. The Hall–Kier alpha value is -1.30. The number of carboxylic acid groups (broad SMARTS) is 1. The molecule has 0 spiro atoms. The van der Waals surface area contributed by atoms with Gasteiger partial charge in [-0.25, -0.2) is 9.59 Å². The molecule has 1 rings (SSSR count). The second kappa shape index (κ2) is 6.04. The molecule has 3 N–H and O–H groups in total. The number of hydrogen-bond acceptors (Lipinski definition) is 4. The second-order valence-electron chi connectivity index (χ2n) is 5.55. The Morgan fingerprint density at radius 1 is 1.33 bits per heavy atom. The zero-order chi connectivity index (χ0) is 13.8. The van der Waals surface area contributed by atoms with E-state index in [0.29, 0.717) is 0 Å². The quantitative estimate of drug-likeness (QED) is 0.702. The van der Waals surface area contributed by atoms with Crippen LogP contribution in [-0.4, -0.2) is 41.9 Å². The van der Waals surface area contributed by atoms with Crippen LogP contribution in [0.4, 0.5) is 4.79 Å². The van der Waals surface area contributed by atoms with Crippen LogP contribution in [0.2, 0.25) is 0 Å². The number of rotatable bonds is 3. The summed E-state index contributed by atoms with van der Waals surface area (Å²) in [7, 11) is 0. The van der Waals surface area contributed by atoms with E-state index in [2.05, 4.69) is 10.6 Å². The number of carboxylic acids is 1. The third kappa shape index (κ3) is 4.91. The van der Waals surface area contributed by atoms with Gasteiger partial charge in [0.25, 0.3) is 0 Å². The van der Waals surface area contributed by atoms with Gasteiger partial charge in [-0.1, -0.05) is 0 Å². The highest BCUT2D eigenvalue weighted by atomic mass is 16.6. The summed E-state index contributed by atoms with van der Waals surface area (Å²) in [5.74, 6) is -1.05. The molecular weight excluding hydrogens is 236 g/mol. The van der Waals surface area contributed by atoms with E-state index < -0.39 is 23.7 Å². The number of piperidine rings is 1. The number of nitrogens with one attached hydrogen (secondary N) is 2. The lowest BCUT2D eigenvalue weighted by Crippen LogP contribution is -2.50. The molecule has 1 fully saturated rings. The van der Waals surface area contributed by atoms with Crippen LogP contribution in [0.1, 0.15) is 33.6 Å². The molecule has 1 aliphatic heterocycles. The van der Waals surface area contributed by atoms with Gasteiger partial charge in [-0.3, -0.25) is 0 Å². The largest absolute Gasteiger partial charge is 0.480 e. The van der Waals surface area contributed by atoms with Crippen molar-refractivity contribution < 1.29 is 19.4 Å². The van der Waals surface area contributed by atoms with Crippen molar-refractivity contribution in [2.45, 2.75) is 45.3 Å². The van der Waals surface area contributed by atoms with Gasteiger partial charge < -0.3 is 20.5 Å². The molecule has 0 aromatic heterocycles. The van der Waals surface area contributed by atoms with Gasteiger partial charge in [-0.15, -0.1) is 0 Å². The van der Waals surface area contributed by atoms with Crippen LogP contribution in [0.25, 0.3) is 0 Å². The Morgan fingerprint density at radius 3 is 2.33 bits per heavy atom. The van der Waals surface area contributed by atoms with Crippen molar-refractivity contribution in [3.63, 3.8) is 0 Å². The van der Waals surface area contributed by atoms with Crippen LogP contribution in [0.15, 0.2) is 0 Å². The third-order valence-corrected chi connectivity index (χ3v) is 2.79. The average Bonchev–Trinajstić information content (AvgIpc) is 2.24. The molecule has 1 unspecified atom stereocenters. The van der Waals surface area contributed by atoms with Crippen molar-refractivity contribution in [2.75, 3.05) is 13.1 Å². The van der Waals surface area contributed by atoms with Crippen LogP contribution in [0, 0.1) is 5.92 Å². The molecule has 104 valence electrons. The first-order valence-electron chi connectivity index (χ1n) is 6.22. The fraction of sp³-hybridized carbons (Fsp3) is 0.833. The van der Waals surface area contributed by atoms with Gasteiger partial charge in [0.05, 0.1) is 0 Å². The van der Waals surface area contributed by atoms with E-state index in [1.165, 1.54) is 0 Å². The number of carbonyl (C=O) groups is 2. The lowest BCUT2D eigenvalue weighted by molar-refractivity contribution is -0.141. The van der Waals surface area contributed by atoms with Crippen LogP contribution in [0.3, 0.4) is 0 Å². The summed E-state index contributed by atoms with van der Waals surface area (Å²) in [6, 6.07) is -0.873. The van der Waals surface area contributed by atoms with E-state index in [-0.39, 0.29) is 5.92 Å². The van der Waals surface area contributed by atoms with E-state index >= 15 is 0 Å². The maximum absolute atomic E-state index is 11.6. The van der Waals surface area contributed by atoms with Crippen LogP contribution in [0.5, 0.6) is 0 Å². The van der Waals surface area contributed by atoms with Gasteiger partial charge in [0.1, 0.15) is 11.6 Å². The molecule has 0 saturated carbocycles. The number of hydrogen-bond donors (Lipinski definition) is 3. The van der Waals surface area contributed by atoms with E-state index in [0.717, 1.165) is 25.9 Å². The first kappa shape index (κ1) is 14.8. The normalized spacial score (nSPS) is 19.1. The molecule has 0 aliphatic carbocycles. The molecule has 1 atom stereocenters. The molecule has 1 saturated heterocycles. The fourth-order valence-corrected chi connectivity index (χ4v) is 1.99. The lowest BCUT2D eigenvalue weighted by atomic mass is 9.90. The van der Waals surface area contributed by atoms with Crippen molar-refractivity contribution in [3.05, 3.63) is 0 Å². The van der Waals surface area contributed by atoms with Crippen LogP contribution >= 0.6 is 0 Å². The second-order valence-corrected chi connectivity index (χ2v) is 5.55. The molecular formula is C12H22N2O4. The van der Waals surface area contributed by atoms with E-state index in [1.54, 1.807) is 20.8 Å². The highest BCUT2D eigenvalue weighted by Gasteiger charge is 2.32. The Balaban J connectivity index is 2.57. The Morgan fingerprint density at radius 2 is 1.89 bits per heavy atom.